The molecule has 1 aromatic heterocycles. The summed E-state index contributed by atoms with van der Waals surface area (Å²) >= 11 is 0. The molecule has 2 heterocycles. The van der Waals surface area contributed by atoms with E-state index in [1.165, 1.54) is 4.57 Å². The molecule has 1 aliphatic rings. The van der Waals surface area contributed by atoms with Crippen LogP contribution in [0.3, 0.4) is 0 Å². The number of carbonyl (C=O) groups excluding carboxylic acids is 2. The summed E-state index contributed by atoms with van der Waals surface area (Å²) in [5, 5.41) is 0. The normalized spacial score (nSPS) is 18.4. The smallest absolute Gasteiger partial charge is 0.419 e. The number of nitrogens with zero attached hydrogens (tertiary/aromatic N) is 2. The number of fused-ring (bicyclic) bond motifs is 1. The number of aromatic nitrogens is 1. The second-order valence-electron chi connectivity index (χ2n) is 6.96. The van der Waals surface area contributed by atoms with Gasteiger partial charge in [-0.2, -0.15) is 0 Å². The zero-order chi connectivity index (χ0) is 19.4. The third-order valence-corrected chi connectivity index (χ3v) is 5.15. The standard InChI is InChI=1S/C20H26N2O5/c1-3-15-8-6-7-12-21(15)19(24)14(2)26-18(23)11-13-22-16-9-4-5-10-17(16)27-20(22)25/h4-5,9-10,14-15H,3,6-8,11-13H2,1-2H3. The summed E-state index contributed by atoms with van der Waals surface area (Å²) in [5.41, 5.74) is 1.12. The number of aryl methyl sites for hydroxylation is 1. The quantitative estimate of drug-likeness (QED) is 0.726. The van der Waals surface area contributed by atoms with E-state index in [9.17, 15) is 14.4 Å². The lowest BCUT2D eigenvalue weighted by Gasteiger charge is -2.36. The molecule has 0 N–H and O–H groups in total. The van der Waals surface area contributed by atoms with Crippen LogP contribution < -0.4 is 5.76 Å². The molecule has 1 aromatic carbocycles. The lowest BCUT2D eigenvalue weighted by Crippen LogP contribution is -2.48. The van der Waals surface area contributed by atoms with Crippen molar-refractivity contribution in [2.45, 2.75) is 64.6 Å². The first kappa shape index (κ1) is 19.2. The van der Waals surface area contributed by atoms with Gasteiger partial charge in [-0.1, -0.05) is 19.1 Å². The number of benzene rings is 1. The molecule has 0 aliphatic carbocycles. The zero-order valence-electron chi connectivity index (χ0n) is 15.8. The summed E-state index contributed by atoms with van der Waals surface area (Å²) < 4.78 is 11.9. The van der Waals surface area contributed by atoms with Gasteiger partial charge in [0.1, 0.15) is 0 Å². The molecular weight excluding hydrogens is 348 g/mol. The summed E-state index contributed by atoms with van der Waals surface area (Å²) in [6, 6.07) is 7.27. The van der Waals surface area contributed by atoms with Crippen LogP contribution in [-0.2, 0) is 20.9 Å². The lowest BCUT2D eigenvalue weighted by molar-refractivity contribution is -0.161. The van der Waals surface area contributed by atoms with Crippen LogP contribution >= 0.6 is 0 Å². The molecule has 146 valence electrons. The number of piperidine rings is 1. The van der Waals surface area contributed by atoms with Crippen molar-refractivity contribution in [1.29, 1.82) is 0 Å². The number of esters is 1. The predicted molar refractivity (Wildman–Crippen MR) is 100 cm³/mol. The Balaban J connectivity index is 1.57. The first-order chi connectivity index (χ1) is 13.0. The molecule has 7 nitrogen and oxygen atoms in total. The van der Waals surface area contributed by atoms with E-state index >= 15 is 0 Å². The fourth-order valence-corrected chi connectivity index (χ4v) is 3.68. The molecule has 1 aliphatic heterocycles. The van der Waals surface area contributed by atoms with E-state index in [1.807, 2.05) is 4.90 Å². The van der Waals surface area contributed by atoms with Gasteiger partial charge < -0.3 is 14.1 Å². The molecule has 0 bridgehead atoms. The molecule has 2 unspecified atom stereocenters. The van der Waals surface area contributed by atoms with Crippen LogP contribution in [0.1, 0.15) is 46.0 Å². The van der Waals surface area contributed by atoms with E-state index in [2.05, 4.69) is 6.92 Å². The molecule has 0 radical (unpaired) electrons. The third kappa shape index (κ3) is 4.23. The minimum absolute atomic E-state index is 0.00173. The molecule has 2 aromatic rings. The van der Waals surface area contributed by atoms with E-state index in [4.69, 9.17) is 9.15 Å². The Morgan fingerprint density at radius 3 is 2.85 bits per heavy atom. The van der Waals surface area contributed by atoms with Crippen molar-refractivity contribution >= 4 is 23.0 Å². The van der Waals surface area contributed by atoms with Crippen molar-refractivity contribution in [3.05, 3.63) is 34.8 Å². The number of oxazole rings is 1. The SMILES string of the molecule is CCC1CCCCN1C(=O)C(C)OC(=O)CCn1c(=O)oc2ccccc21. The largest absolute Gasteiger partial charge is 0.452 e. The van der Waals surface area contributed by atoms with Gasteiger partial charge in [-0.25, -0.2) is 4.79 Å². The summed E-state index contributed by atoms with van der Waals surface area (Å²) in [4.78, 5) is 38.6. The van der Waals surface area contributed by atoms with Crippen LogP contribution in [0.15, 0.2) is 33.5 Å². The average molecular weight is 374 g/mol. The highest BCUT2D eigenvalue weighted by molar-refractivity contribution is 5.84. The van der Waals surface area contributed by atoms with Crippen LogP contribution in [0.5, 0.6) is 0 Å². The number of ether oxygens (including phenoxy) is 1. The van der Waals surface area contributed by atoms with Gasteiger partial charge in [0.15, 0.2) is 11.7 Å². The topological polar surface area (TPSA) is 81.8 Å². The second-order valence-corrected chi connectivity index (χ2v) is 6.96. The molecule has 3 rings (SSSR count). The number of carbonyl (C=O) groups is 2. The van der Waals surface area contributed by atoms with Crippen molar-refractivity contribution in [2.24, 2.45) is 0 Å². The molecule has 0 spiro atoms. The number of likely N-dealkylation sites (tertiary alicyclic amines) is 1. The predicted octanol–water partition coefficient (Wildman–Crippen LogP) is 2.71. The Labute approximate surface area is 157 Å². The van der Waals surface area contributed by atoms with Gasteiger partial charge in [0.2, 0.25) is 0 Å². The Kier molecular flexibility index (Phi) is 5.98. The molecule has 0 saturated carbocycles. The zero-order valence-corrected chi connectivity index (χ0v) is 15.8. The third-order valence-electron chi connectivity index (χ3n) is 5.15. The van der Waals surface area contributed by atoms with E-state index in [0.717, 1.165) is 32.2 Å². The van der Waals surface area contributed by atoms with Crippen LogP contribution in [0.4, 0.5) is 0 Å². The maximum Gasteiger partial charge on any atom is 0.419 e. The van der Waals surface area contributed by atoms with Crippen molar-refractivity contribution in [2.75, 3.05) is 6.54 Å². The van der Waals surface area contributed by atoms with Gasteiger partial charge in [0.25, 0.3) is 5.91 Å². The molecule has 1 amide bonds. The van der Waals surface area contributed by atoms with E-state index in [-0.39, 0.29) is 24.9 Å². The highest BCUT2D eigenvalue weighted by atomic mass is 16.5. The fraction of sp³-hybridized carbons (Fsp3) is 0.550. The highest BCUT2D eigenvalue weighted by Gasteiger charge is 2.30. The Hall–Kier alpha value is -2.57. The monoisotopic (exact) mass is 374 g/mol. The molecule has 27 heavy (non-hydrogen) atoms. The summed E-state index contributed by atoms with van der Waals surface area (Å²) in [6.45, 7) is 4.55. The van der Waals surface area contributed by atoms with Gasteiger partial charge >= 0.3 is 11.7 Å². The van der Waals surface area contributed by atoms with Gasteiger partial charge in [0.05, 0.1) is 11.9 Å². The van der Waals surface area contributed by atoms with Crippen LogP contribution in [0.2, 0.25) is 0 Å². The Morgan fingerprint density at radius 1 is 1.30 bits per heavy atom. The number of hydrogen-bond donors (Lipinski definition) is 0. The maximum absolute atomic E-state index is 12.6. The maximum atomic E-state index is 12.6. The first-order valence-corrected chi connectivity index (χ1v) is 9.59. The molecular formula is C20H26N2O5. The van der Waals surface area contributed by atoms with Crippen molar-refractivity contribution < 1.29 is 18.7 Å². The van der Waals surface area contributed by atoms with Gasteiger partial charge in [-0.3, -0.25) is 14.2 Å². The van der Waals surface area contributed by atoms with Gasteiger partial charge in [-0.05, 0) is 44.7 Å². The van der Waals surface area contributed by atoms with Crippen molar-refractivity contribution in [3.8, 4) is 0 Å². The van der Waals surface area contributed by atoms with Crippen molar-refractivity contribution in [3.63, 3.8) is 0 Å². The van der Waals surface area contributed by atoms with Crippen LogP contribution in [0, 0.1) is 0 Å². The van der Waals surface area contributed by atoms with E-state index in [0.29, 0.717) is 11.1 Å². The Bertz CT molecular complexity index is 869. The molecule has 1 fully saturated rings. The Morgan fingerprint density at radius 2 is 2.07 bits per heavy atom. The lowest BCUT2D eigenvalue weighted by atomic mass is 9.99. The van der Waals surface area contributed by atoms with E-state index < -0.39 is 17.8 Å². The first-order valence-electron chi connectivity index (χ1n) is 9.59. The van der Waals surface area contributed by atoms with Gasteiger partial charge in [-0.15, -0.1) is 0 Å². The van der Waals surface area contributed by atoms with Crippen molar-refractivity contribution in [1.82, 2.24) is 9.47 Å². The van der Waals surface area contributed by atoms with E-state index in [1.54, 1.807) is 31.2 Å². The molecule has 7 heteroatoms. The van der Waals surface area contributed by atoms with Crippen LogP contribution in [0.25, 0.3) is 11.1 Å². The van der Waals surface area contributed by atoms with Crippen LogP contribution in [-0.4, -0.2) is 40.0 Å². The number of hydrogen-bond acceptors (Lipinski definition) is 5. The number of rotatable bonds is 6. The minimum atomic E-state index is -0.817. The summed E-state index contributed by atoms with van der Waals surface area (Å²) in [7, 11) is 0. The molecule has 2 atom stereocenters. The molecule has 1 saturated heterocycles. The summed E-state index contributed by atoms with van der Waals surface area (Å²) in [6.07, 6.45) is 3.20. The number of amides is 1. The van der Waals surface area contributed by atoms with Gasteiger partial charge in [0, 0.05) is 19.1 Å². The second kappa shape index (κ2) is 8.41. The number of para-hydroxylation sites is 2. The summed E-state index contributed by atoms with van der Waals surface area (Å²) in [5.74, 6) is -1.15. The fourth-order valence-electron chi connectivity index (χ4n) is 3.68. The average Bonchev–Trinajstić information content (AvgIpc) is 3.00. The minimum Gasteiger partial charge on any atom is -0.452 e. The highest BCUT2D eigenvalue weighted by Crippen LogP contribution is 2.21.